The van der Waals surface area contributed by atoms with Gasteiger partial charge in [0.15, 0.2) is 0 Å². The molecule has 0 aliphatic rings. The van der Waals surface area contributed by atoms with E-state index in [-0.39, 0.29) is 103 Å². The van der Waals surface area contributed by atoms with E-state index < -0.39 is 0 Å². The molecule has 24 valence electrons. The van der Waals surface area contributed by atoms with Gasteiger partial charge in [0, 0.05) is 103 Å². The predicted molar refractivity (Wildman–Crippen MR) is 6.44 cm³/mol. The van der Waals surface area contributed by atoms with Gasteiger partial charge in [0.1, 0.15) is 0 Å². The fourth-order valence-corrected chi connectivity index (χ4v) is 0. The van der Waals surface area contributed by atoms with Gasteiger partial charge < -0.3 is 0 Å². The maximum atomic E-state index is 7.94. The summed E-state index contributed by atoms with van der Waals surface area (Å²) in [6.45, 7) is 0. The summed E-state index contributed by atoms with van der Waals surface area (Å²) in [6.07, 6.45) is 0. The molecule has 0 N–H and O–H groups in total. The summed E-state index contributed by atoms with van der Waals surface area (Å²) in [4.78, 5) is 0. The van der Waals surface area contributed by atoms with Crippen molar-refractivity contribution in [1.82, 2.24) is 0 Å². The van der Waals surface area contributed by atoms with Crippen molar-refractivity contribution in [3.8, 4) is 0 Å². The second kappa shape index (κ2) is 25.3. The van der Waals surface area contributed by atoms with E-state index in [0.29, 0.717) is 0 Å². The quantitative estimate of drug-likeness (QED) is 0.539. The van der Waals surface area contributed by atoms with Crippen LogP contribution in [0.15, 0.2) is 0 Å². The van der Waals surface area contributed by atoms with Crippen molar-refractivity contribution >= 4 is 45.5 Å². The smallest absolute Gasteiger partial charge is 0 e. The number of hydrogen-bond donors (Lipinski definition) is 0. The molecule has 0 heterocycles. The topological polar surface area (TPSA) is 17.1 Å². The van der Waals surface area contributed by atoms with E-state index in [1.165, 1.54) is 0 Å². The van der Waals surface area contributed by atoms with Crippen LogP contribution >= 0.6 is 0 Å². The largest absolute Gasteiger partial charge is 0 e. The molecule has 0 bridgehead atoms. The molecule has 0 aromatic rings. The minimum Gasteiger partial charge on any atom is 0 e. The summed E-state index contributed by atoms with van der Waals surface area (Å²) < 4.78 is 7.94. The van der Waals surface area contributed by atoms with Crippen molar-refractivity contribution in [1.29, 1.82) is 0 Å². The van der Waals surface area contributed by atoms with E-state index in [0.717, 1.165) is 0 Å². The molecule has 5 heteroatoms. The summed E-state index contributed by atoms with van der Waals surface area (Å²) >= 11 is 2.31. The van der Waals surface area contributed by atoms with Crippen molar-refractivity contribution in [3.63, 3.8) is 0 Å². The Bertz CT molecular complexity index is 11.6. The Kier molecular flexibility index (Phi) is 118. The minimum absolute atomic E-state index is 0. The first-order chi connectivity index (χ1) is 1.00. The molecule has 0 rings (SSSR count). The van der Waals surface area contributed by atoms with E-state index in [1.807, 2.05) is 0 Å². The summed E-state index contributed by atoms with van der Waals surface area (Å²) in [6, 6.07) is 0. The van der Waals surface area contributed by atoms with Crippen LogP contribution in [0.5, 0.6) is 0 Å². The molecular weight excluding hydrogens is 349 g/mol. The van der Waals surface area contributed by atoms with Crippen molar-refractivity contribution in [2.45, 2.75) is 0 Å². The van der Waals surface area contributed by atoms with Gasteiger partial charge in [0.25, 0.3) is 0 Å². The summed E-state index contributed by atoms with van der Waals surface area (Å²) in [5.74, 6) is 0. The van der Waals surface area contributed by atoms with Crippen LogP contribution in [-0.2, 0) is 41.3 Å². The molecule has 0 saturated carbocycles. The fourth-order valence-electron chi connectivity index (χ4n) is 0. The second-order valence-corrected chi connectivity index (χ2v) is 0. The van der Waals surface area contributed by atoms with Crippen LogP contribution in [0.1, 0.15) is 0 Å². The van der Waals surface area contributed by atoms with Crippen LogP contribution in [0.3, 0.4) is 0 Å². The standard InChI is InChI=1S/Co.La.O.Sr.Ti. The third-order valence-electron chi connectivity index (χ3n) is 0. The van der Waals surface area contributed by atoms with Gasteiger partial charge in [-0.1, -0.05) is 0 Å². The van der Waals surface area contributed by atoms with Crippen LogP contribution in [0.25, 0.3) is 0 Å². The molecule has 0 amide bonds. The Morgan fingerprint density at radius 3 is 1.20 bits per heavy atom. The Morgan fingerprint density at radius 1 is 1.20 bits per heavy atom. The van der Waals surface area contributed by atoms with Gasteiger partial charge in [-0.3, -0.25) is 0 Å². The van der Waals surface area contributed by atoms with Crippen LogP contribution in [-0.4, -0.2) is 45.5 Å². The SMILES string of the molecule is [La].[O]=[Co].[Sr].[Ti]. The molecule has 1 nitrogen and oxygen atoms in total. The van der Waals surface area contributed by atoms with Crippen molar-refractivity contribution in [2.75, 3.05) is 0 Å². The summed E-state index contributed by atoms with van der Waals surface area (Å²) in [5.41, 5.74) is 0. The van der Waals surface area contributed by atoms with E-state index in [2.05, 4.69) is 15.7 Å². The Morgan fingerprint density at radius 2 is 1.20 bits per heavy atom. The first-order valence-electron chi connectivity index (χ1n) is 0.136. The average molecular weight is 349 g/mol. The zero-order valence-corrected chi connectivity index (χ0v) is 12.2. The van der Waals surface area contributed by atoms with E-state index in [4.69, 9.17) is 3.87 Å². The fraction of sp³-hybridized carbons (Fsp3) is 0. The summed E-state index contributed by atoms with van der Waals surface area (Å²) in [7, 11) is 0. The Labute approximate surface area is 119 Å². The molecule has 0 aromatic carbocycles. The minimum atomic E-state index is 0. The van der Waals surface area contributed by atoms with Gasteiger partial charge in [-0.05, 0) is 0 Å². The third kappa shape index (κ3) is 18.3. The molecule has 0 atom stereocenters. The molecule has 5 heavy (non-hydrogen) atoms. The first kappa shape index (κ1) is 23.4. The first-order valence-corrected chi connectivity index (χ1v) is 0.561. The zero-order valence-electron chi connectivity index (χ0n) is 2.53. The van der Waals surface area contributed by atoms with Crippen LogP contribution in [0, 0.1) is 35.6 Å². The Hall–Kier alpha value is 3.70. The second-order valence-electron chi connectivity index (χ2n) is 0. The average Bonchev–Trinajstić information content (AvgIpc) is 1.00. The van der Waals surface area contributed by atoms with E-state index >= 15 is 0 Å². The van der Waals surface area contributed by atoms with Crippen molar-refractivity contribution < 1.29 is 76.8 Å². The summed E-state index contributed by atoms with van der Waals surface area (Å²) in [5, 5.41) is 0. The van der Waals surface area contributed by atoms with Gasteiger partial charge in [-0.2, -0.15) is 0 Å². The monoisotopic (exact) mass is 350 g/mol. The number of hydrogen-bond acceptors (Lipinski definition) is 1. The maximum Gasteiger partial charge on any atom is 0 e. The van der Waals surface area contributed by atoms with Crippen LogP contribution < -0.4 is 0 Å². The zero-order chi connectivity index (χ0) is 2.00. The molecule has 0 aliphatic carbocycles. The van der Waals surface area contributed by atoms with Gasteiger partial charge >= 0.3 is 19.5 Å². The van der Waals surface area contributed by atoms with Gasteiger partial charge in [0.2, 0.25) is 0 Å². The van der Waals surface area contributed by atoms with Gasteiger partial charge in [-0.25, -0.2) is 0 Å². The molecule has 0 aromatic heterocycles. The molecule has 0 unspecified atom stereocenters. The Balaban J connectivity index is -0.00000000167. The molecule has 0 aliphatic heterocycles. The van der Waals surface area contributed by atoms with Gasteiger partial charge in [0.05, 0.1) is 0 Å². The maximum absolute atomic E-state index is 7.94. The molecule has 0 fully saturated rings. The molecular formula is CoLaOSrTi. The van der Waals surface area contributed by atoms with E-state index in [1.54, 1.807) is 0 Å². The van der Waals surface area contributed by atoms with Gasteiger partial charge in [-0.15, -0.1) is 0 Å². The van der Waals surface area contributed by atoms with E-state index in [9.17, 15) is 0 Å². The molecule has 0 spiro atoms. The molecule has 0 saturated heterocycles. The van der Waals surface area contributed by atoms with Crippen LogP contribution in [0.4, 0.5) is 0 Å². The van der Waals surface area contributed by atoms with Crippen LogP contribution in [0.2, 0.25) is 0 Å². The predicted octanol–water partition coefficient (Wildman–Crippen LogP) is -0.505. The van der Waals surface area contributed by atoms with Crippen molar-refractivity contribution in [2.24, 2.45) is 0 Å². The third-order valence-corrected chi connectivity index (χ3v) is 0. The molecule has 3 radical (unpaired) electrons. The number of rotatable bonds is 0. The normalized spacial score (nSPS) is 1.00. The van der Waals surface area contributed by atoms with Crippen molar-refractivity contribution in [3.05, 3.63) is 0 Å².